The Hall–Kier alpha value is -2.67. The molecule has 0 fully saturated rings. The lowest BCUT2D eigenvalue weighted by Gasteiger charge is -2.12. The van der Waals surface area contributed by atoms with Crippen LogP contribution in [0.25, 0.3) is 0 Å². The van der Waals surface area contributed by atoms with Gasteiger partial charge in [0, 0.05) is 37.4 Å². The SMILES string of the molecule is CN=C(NCc1cccc(Cn2ccnc2C)c1)NCc1nc(C)c(C)s1. The summed E-state index contributed by atoms with van der Waals surface area (Å²) in [5.74, 6) is 1.80. The van der Waals surface area contributed by atoms with Gasteiger partial charge in [0.25, 0.3) is 0 Å². The first-order valence-corrected chi connectivity index (χ1v) is 9.80. The quantitative estimate of drug-likeness (QED) is 0.508. The summed E-state index contributed by atoms with van der Waals surface area (Å²) in [7, 11) is 1.78. The zero-order valence-corrected chi connectivity index (χ0v) is 17.1. The monoisotopic (exact) mass is 382 g/mol. The van der Waals surface area contributed by atoms with Crippen LogP contribution >= 0.6 is 11.3 Å². The molecule has 0 saturated carbocycles. The van der Waals surface area contributed by atoms with E-state index in [1.807, 2.05) is 26.2 Å². The van der Waals surface area contributed by atoms with E-state index in [1.54, 1.807) is 18.4 Å². The fraction of sp³-hybridized carbons (Fsp3) is 0.350. The highest BCUT2D eigenvalue weighted by Crippen LogP contribution is 2.16. The van der Waals surface area contributed by atoms with Gasteiger partial charge in [0.2, 0.25) is 0 Å². The molecule has 7 heteroatoms. The fourth-order valence-corrected chi connectivity index (χ4v) is 3.66. The van der Waals surface area contributed by atoms with Crippen LogP contribution < -0.4 is 10.6 Å². The summed E-state index contributed by atoms with van der Waals surface area (Å²) >= 11 is 1.72. The molecular weight excluding hydrogens is 356 g/mol. The van der Waals surface area contributed by atoms with Gasteiger partial charge in [-0.15, -0.1) is 11.3 Å². The number of aryl methyl sites for hydroxylation is 3. The van der Waals surface area contributed by atoms with Crippen LogP contribution in [0, 0.1) is 20.8 Å². The first-order chi connectivity index (χ1) is 13.0. The minimum absolute atomic E-state index is 0.680. The van der Waals surface area contributed by atoms with E-state index in [-0.39, 0.29) is 0 Å². The number of imidazole rings is 1. The van der Waals surface area contributed by atoms with Crippen molar-refractivity contribution in [2.24, 2.45) is 4.99 Å². The molecule has 142 valence electrons. The molecule has 1 aromatic carbocycles. The summed E-state index contributed by atoms with van der Waals surface area (Å²) in [6, 6.07) is 8.57. The normalized spacial score (nSPS) is 11.6. The summed E-state index contributed by atoms with van der Waals surface area (Å²) in [6.45, 7) is 8.38. The molecule has 0 saturated heterocycles. The maximum atomic E-state index is 4.55. The number of hydrogen-bond acceptors (Lipinski definition) is 4. The second kappa shape index (κ2) is 8.81. The summed E-state index contributed by atoms with van der Waals surface area (Å²) in [4.78, 5) is 14.4. The maximum absolute atomic E-state index is 4.55. The number of benzene rings is 1. The number of nitrogens with one attached hydrogen (secondary N) is 2. The molecule has 0 unspecified atom stereocenters. The van der Waals surface area contributed by atoms with E-state index in [9.17, 15) is 0 Å². The van der Waals surface area contributed by atoms with Gasteiger partial charge in [0.15, 0.2) is 5.96 Å². The molecule has 3 aromatic rings. The van der Waals surface area contributed by atoms with Crippen molar-refractivity contribution < 1.29 is 0 Å². The molecule has 0 aliphatic carbocycles. The van der Waals surface area contributed by atoms with Crippen LogP contribution in [0.1, 0.15) is 32.5 Å². The highest BCUT2D eigenvalue weighted by molar-refractivity contribution is 7.11. The molecule has 6 nitrogen and oxygen atoms in total. The predicted octanol–water partition coefficient (Wildman–Crippen LogP) is 3.18. The zero-order chi connectivity index (χ0) is 19.2. The average molecular weight is 383 g/mol. The fourth-order valence-electron chi connectivity index (χ4n) is 2.79. The van der Waals surface area contributed by atoms with Crippen LogP contribution in [-0.2, 0) is 19.6 Å². The third-order valence-electron chi connectivity index (χ3n) is 4.43. The Labute approximate surface area is 164 Å². The highest BCUT2D eigenvalue weighted by Gasteiger charge is 2.05. The zero-order valence-electron chi connectivity index (χ0n) is 16.3. The molecule has 0 radical (unpaired) electrons. The number of aromatic nitrogens is 3. The van der Waals surface area contributed by atoms with Gasteiger partial charge in [-0.05, 0) is 31.9 Å². The van der Waals surface area contributed by atoms with Crippen LogP contribution in [-0.4, -0.2) is 27.5 Å². The minimum atomic E-state index is 0.680. The minimum Gasteiger partial charge on any atom is -0.352 e. The van der Waals surface area contributed by atoms with Crippen LogP contribution in [0.15, 0.2) is 41.7 Å². The first kappa shape index (κ1) is 19.1. The molecule has 2 aromatic heterocycles. The van der Waals surface area contributed by atoms with E-state index in [4.69, 9.17) is 0 Å². The van der Waals surface area contributed by atoms with E-state index in [1.165, 1.54) is 16.0 Å². The Balaban J connectivity index is 1.55. The second-order valence-electron chi connectivity index (χ2n) is 6.45. The number of aliphatic imine (C=N–C) groups is 1. The number of rotatable bonds is 6. The van der Waals surface area contributed by atoms with Crippen molar-refractivity contribution in [2.75, 3.05) is 7.05 Å². The van der Waals surface area contributed by atoms with Crippen LogP contribution in [0.3, 0.4) is 0 Å². The molecule has 0 amide bonds. The summed E-state index contributed by atoms with van der Waals surface area (Å²) in [5.41, 5.74) is 3.57. The highest BCUT2D eigenvalue weighted by atomic mass is 32.1. The van der Waals surface area contributed by atoms with Crippen molar-refractivity contribution in [3.8, 4) is 0 Å². The van der Waals surface area contributed by atoms with E-state index < -0.39 is 0 Å². The Kier molecular flexibility index (Phi) is 6.24. The van der Waals surface area contributed by atoms with Crippen LogP contribution in [0.5, 0.6) is 0 Å². The number of guanidine groups is 1. The molecule has 2 N–H and O–H groups in total. The molecule has 3 rings (SSSR count). The van der Waals surface area contributed by atoms with Gasteiger partial charge in [0.05, 0.1) is 12.2 Å². The second-order valence-corrected chi connectivity index (χ2v) is 7.74. The lowest BCUT2D eigenvalue weighted by Crippen LogP contribution is -2.36. The Bertz CT molecular complexity index is 905. The lowest BCUT2D eigenvalue weighted by molar-refractivity contribution is 0.757. The smallest absolute Gasteiger partial charge is 0.191 e. The summed E-state index contributed by atoms with van der Waals surface area (Å²) in [5, 5.41) is 7.78. The van der Waals surface area contributed by atoms with Gasteiger partial charge < -0.3 is 15.2 Å². The largest absolute Gasteiger partial charge is 0.352 e. The van der Waals surface area contributed by atoms with E-state index >= 15 is 0 Å². The number of thiazole rings is 1. The van der Waals surface area contributed by atoms with Crippen LogP contribution in [0.4, 0.5) is 0 Å². The van der Waals surface area contributed by atoms with Crippen molar-refractivity contribution in [1.29, 1.82) is 0 Å². The van der Waals surface area contributed by atoms with E-state index in [2.05, 4.69) is 61.4 Å². The Morgan fingerprint density at radius 3 is 2.59 bits per heavy atom. The molecule has 0 aliphatic rings. The van der Waals surface area contributed by atoms with Crippen molar-refractivity contribution in [3.05, 3.63) is 69.2 Å². The van der Waals surface area contributed by atoms with Crippen molar-refractivity contribution in [1.82, 2.24) is 25.2 Å². The maximum Gasteiger partial charge on any atom is 0.191 e. The number of hydrogen-bond donors (Lipinski definition) is 2. The topological polar surface area (TPSA) is 67.1 Å². The van der Waals surface area contributed by atoms with Gasteiger partial charge in [-0.2, -0.15) is 0 Å². The average Bonchev–Trinajstić information content (AvgIpc) is 3.20. The van der Waals surface area contributed by atoms with Crippen molar-refractivity contribution in [2.45, 2.75) is 40.4 Å². The van der Waals surface area contributed by atoms with Crippen molar-refractivity contribution >= 4 is 17.3 Å². The van der Waals surface area contributed by atoms with Gasteiger partial charge >= 0.3 is 0 Å². The van der Waals surface area contributed by atoms with Gasteiger partial charge in [0.1, 0.15) is 10.8 Å². The first-order valence-electron chi connectivity index (χ1n) is 8.98. The number of nitrogens with zero attached hydrogens (tertiary/aromatic N) is 4. The molecule has 0 spiro atoms. The molecule has 0 atom stereocenters. The Morgan fingerprint density at radius 2 is 1.93 bits per heavy atom. The third kappa shape index (κ3) is 5.17. The molecule has 27 heavy (non-hydrogen) atoms. The van der Waals surface area contributed by atoms with E-state index in [0.29, 0.717) is 13.1 Å². The summed E-state index contributed by atoms with van der Waals surface area (Å²) < 4.78 is 2.14. The van der Waals surface area contributed by atoms with Gasteiger partial charge in [-0.3, -0.25) is 4.99 Å². The molecular formula is C20H26N6S. The predicted molar refractivity (Wildman–Crippen MR) is 111 cm³/mol. The van der Waals surface area contributed by atoms with Crippen molar-refractivity contribution in [3.63, 3.8) is 0 Å². The lowest BCUT2D eigenvalue weighted by atomic mass is 10.1. The van der Waals surface area contributed by atoms with Gasteiger partial charge in [-0.25, -0.2) is 9.97 Å². The third-order valence-corrected chi connectivity index (χ3v) is 5.50. The van der Waals surface area contributed by atoms with Crippen LogP contribution in [0.2, 0.25) is 0 Å². The molecule has 2 heterocycles. The van der Waals surface area contributed by atoms with E-state index in [0.717, 1.165) is 29.0 Å². The standard InChI is InChI=1S/C20H26N6S/c1-14-15(2)27-19(25-14)12-24-20(21-4)23-11-17-6-5-7-18(10-17)13-26-9-8-22-16(26)3/h5-10H,11-13H2,1-4H3,(H2,21,23,24). The molecule has 0 aliphatic heterocycles. The van der Waals surface area contributed by atoms with Gasteiger partial charge in [-0.1, -0.05) is 24.3 Å². The summed E-state index contributed by atoms with van der Waals surface area (Å²) in [6.07, 6.45) is 3.84. The molecule has 0 bridgehead atoms. The Morgan fingerprint density at radius 1 is 1.15 bits per heavy atom.